The van der Waals surface area contributed by atoms with Crippen molar-refractivity contribution < 1.29 is 4.74 Å². The lowest BCUT2D eigenvalue weighted by Crippen LogP contribution is -2.18. The van der Waals surface area contributed by atoms with Crippen LogP contribution in [0.1, 0.15) is 22.4 Å². The van der Waals surface area contributed by atoms with Gasteiger partial charge in [-0.15, -0.1) is 0 Å². The lowest BCUT2D eigenvalue weighted by molar-refractivity contribution is 0.181. The molecule has 102 valence electrons. The zero-order valence-corrected chi connectivity index (χ0v) is 11.7. The van der Waals surface area contributed by atoms with E-state index in [1.165, 1.54) is 10.2 Å². The van der Waals surface area contributed by atoms with E-state index >= 15 is 0 Å². The molecule has 0 spiro atoms. The molecule has 0 aliphatic carbocycles. The van der Waals surface area contributed by atoms with Crippen molar-refractivity contribution in [2.24, 2.45) is 0 Å². The lowest BCUT2D eigenvalue weighted by atomic mass is 10.1. The summed E-state index contributed by atoms with van der Waals surface area (Å²) in [7, 11) is 1.57. The summed E-state index contributed by atoms with van der Waals surface area (Å²) in [5.74, 6) is 0. The van der Waals surface area contributed by atoms with Gasteiger partial charge >= 0.3 is 0 Å². The van der Waals surface area contributed by atoms with Crippen LogP contribution < -0.4 is 11.3 Å². The summed E-state index contributed by atoms with van der Waals surface area (Å²) in [5.41, 5.74) is 10.5. The summed E-state index contributed by atoms with van der Waals surface area (Å²) in [4.78, 5) is 12.2. The molecule has 0 bridgehead atoms. The van der Waals surface area contributed by atoms with Crippen molar-refractivity contribution in [2.75, 3.05) is 12.8 Å². The van der Waals surface area contributed by atoms with Crippen LogP contribution in [-0.4, -0.2) is 16.9 Å². The second-order valence-electron chi connectivity index (χ2n) is 4.82. The molecule has 1 aromatic carbocycles. The Labute approximate surface area is 112 Å². The van der Waals surface area contributed by atoms with Gasteiger partial charge in [-0.3, -0.25) is 9.89 Å². The number of aromatic nitrogens is 2. The average molecular weight is 261 g/mol. The molecule has 2 rings (SSSR count). The maximum Gasteiger partial charge on any atom is 0.294 e. The van der Waals surface area contributed by atoms with Gasteiger partial charge in [-0.1, -0.05) is 17.7 Å². The highest BCUT2D eigenvalue weighted by atomic mass is 16.5. The monoisotopic (exact) mass is 261 g/mol. The van der Waals surface area contributed by atoms with Gasteiger partial charge in [-0.25, -0.2) is 4.68 Å². The number of H-pyrrole nitrogens is 1. The van der Waals surface area contributed by atoms with Crippen LogP contribution in [0.2, 0.25) is 0 Å². The second-order valence-corrected chi connectivity index (χ2v) is 4.82. The number of nitrogen functional groups attached to an aromatic ring is 1. The normalized spacial score (nSPS) is 10.9. The predicted octanol–water partition coefficient (Wildman–Crippen LogP) is 1.82. The minimum atomic E-state index is -0.234. The summed E-state index contributed by atoms with van der Waals surface area (Å²) in [6, 6.07) is 4.09. The number of aromatic amines is 1. The summed E-state index contributed by atoms with van der Waals surface area (Å²) in [6.45, 7) is 6.29. The first-order valence-corrected chi connectivity index (χ1v) is 6.12. The van der Waals surface area contributed by atoms with Gasteiger partial charge in [0.25, 0.3) is 5.56 Å². The third kappa shape index (κ3) is 2.29. The topological polar surface area (TPSA) is 73.0 Å². The van der Waals surface area contributed by atoms with Gasteiger partial charge in [-0.2, -0.15) is 0 Å². The van der Waals surface area contributed by atoms with Gasteiger partial charge in [0.05, 0.1) is 18.0 Å². The van der Waals surface area contributed by atoms with Gasteiger partial charge in [0.1, 0.15) is 5.69 Å². The molecule has 0 aliphatic rings. The number of hydrogen-bond donors (Lipinski definition) is 2. The molecule has 3 N–H and O–H groups in total. The second kappa shape index (κ2) is 4.93. The molecule has 1 heterocycles. The van der Waals surface area contributed by atoms with Crippen LogP contribution in [0.25, 0.3) is 5.69 Å². The molecule has 0 aliphatic heterocycles. The number of benzene rings is 1. The number of ether oxygens (including phenoxy) is 1. The van der Waals surface area contributed by atoms with Crippen LogP contribution in [0.15, 0.2) is 16.9 Å². The van der Waals surface area contributed by atoms with E-state index in [1.54, 1.807) is 7.11 Å². The van der Waals surface area contributed by atoms with E-state index in [2.05, 4.69) is 5.10 Å². The van der Waals surface area contributed by atoms with Gasteiger partial charge < -0.3 is 10.5 Å². The number of nitrogens with zero attached hydrogens (tertiary/aromatic N) is 1. The zero-order chi connectivity index (χ0) is 14.2. The zero-order valence-electron chi connectivity index (χ0n) is 11.7. The van der Waals surface area contributed by atoms with Crippen LogP contribution in [0.5, 0.6) is 0 Å². The van der Waals surface area contributed by atoms with E-state index in [0.717, 1.165) is 16.8 Å². The van der Waals surface area contributed by atoms with Gasteiger partial charge in [-0.05, 0) is 31.9 Å². The Kier molecular flexibility index (Phi) is 3.48. The molecule has 2 aromatic rings. The average Bonchev–Trinajstić information content (AvgIpc) is 2.57. The van der Waals surface area contributed by atoms with Crippen molar-refractivity contribution in [2.45, 2.75) is 27.4 Å². The van der Waals surface area contributed by atoms with Crippen molar-refractivity contribution in [1.29, 1.82) is 0 Å². The third-order valence-electron chi connectivity index (χ3n) is 3.15. The van der Waals surface area contributed by atoms with Crippen molar-refractivity contribution >= 4 is 5.69 Å². The van der Waals surface area contributed by atoms with Crippen LogP contribution in [0.3, 0.4) is 0 Å². The molecule has 1 aromatic heterocycles. The lowest BCUT2D eigenvalue weighted by Gasteiger charge is -2.11. The van der Waals surface area contributed by atoms with Crippen LogP contribution in [0.4, 0.5) is 5.69 Å². The fourth-order valence-corrected chi connectivity index (χ4v) is 2.43. The number of aryl methyl sites for hydroxylation is 3. The SMILES string of the molecule is COCc1[nH]n(-c2c(C)cc(C)cc2C)c(=O)c1N. The van der Waals surface area contributed by atoms with E-state index in [4.69, 9.17) is 10.5 Å². The summed E-state index contributed by atoms with van der Waals surface area (Å²) in [6.07, 6.45) is 0. The first-order chi connectivity index (χ1) is 8.95. The third-order valence-corrected chi connectivity index (χ3v) is 3.15. The van der Waals surface area contributed by atoms with Crippen molar-refractivity contribution in [3.8, 4) is 5.69 Å². The first kappa shape index (κ1) is 13.4. The molecule has 0 fully saturated rings. The number of methoxy groups -OCH3 is 1. The molecular formula is C14H19N3O2. The molecule has 0 amide bonds. The molecular weight excluding hydrogens is 242 g/mol. The smallest absolute Gasteiger partial charge is 0.294 e. The summed E-state index contributed by atoms with van der Waals surface area (Å²) < 4.78 is 6.52. The minimum absolute atomic E-state index is 0.209. The Morgan fingerprint density at radius 3 is 2.37 bits per heavy atom. The standard InChI is InChI=1S/C14H19N3O2/c1-8-5-9(2)13(10(3)6-8)17-14(18)12(15)11(16-17)7-19-4/h5-6,16H,7,15H2,1-4H3. The number of rotatable bonds is 3. The summed E-state index contributed by atoms with van der Waals surface area (Å²) in [5, 5.41) is 3.02. The minimum Gasteiger partial charge on any atom is -0.393 e. The highest BCUT2D eigenvalue weighted by Crippen LogP contribution is 2.20. The van der Waals surface area contributed by atoms with Crippen molar-refractivity contribution in [3.63, 3.8) is 0 Å². The summed E-state index contributed by atoms with van der Waals surface area (Å²) >= 11 is 0. The Bertz CT molecular complexity index is 645. The fourth-order valence-electron chi connectivity index (χ4n) is 2.43. The Morgan fingerprint density at radius 1 is 1.26 bits per heavy atom. The molecule has 0 saturated carbocycles. The highest BCUT2D eigenvalue weighted by Gasteiger charge is 2.15. The van der Waals surface area contributed by atoms with Crippen molar-refractivity contribution in [1.82, 2.24) is 9.78 Å². The maximum absolute atomic E-state index is 12.2. The predicted molar refractivity (Wildman–Crippen MR) is 75.7 cm³/mol. The molecule has 0 unspecified atom stereocenters. The highest BCUT2D eigenvalue weighted by molar-refractivity contribution is 5.51. The molecule has 5 nitrogen and oxygen atoms in total. The van der Waals surface area contributed by atoms with Crippen molar-refractivity contribution in [3.05, 3.63) is 44.9 Å². The van der Waals surface area contributed by atoms with E-state index in [9.17, 15) is 4.79 Å². The van der Waals surface area contributed by atoms with Crippen LogP contribution in [0, 0.1) is 20.8 Å². The number of nitrogens with one attached hydrogen (secondary N) is 1. The van der Waals surface area contributed by atoms with E-state index in [0.29, 0.717) is 5.69 Å². The largest absolute Gasteiger partial charge is 0.393 e. The van der Waals surface area contributed by atoms with Crippen LogP contribution in [-0.2, 0) is 11.3 Å². The van der Waals surface area contributed by atoms with Gasteiger partial charge in [0.15, 0.2) is 0 Å². The molecule has 0 atom stereocenters. The van der Waals surface area contributed by atoms with Gasteiger partial charge in [0.2, 0.25) is 0 Å². The molecule has 0 radical (unpaired) electrons. The quantitative estimate of drug-likeness (QED) is 0.885. The molecule has 19 heavy (non-hydrogen) atoms. The van der Waals surface area contributed by atoms with E-state index in [1.807, 2.05) is 32.9 Å². The number of nitrogens with two attached hydrogens (primary N) is 1. The van der Waals surface area contributed by atoms with E-state index < -0.39 is 0 Å². The maximum atomic E-state index is 12.2. The fraction of sp³-hybridized carbons (Fsp3) is 0.357. The Balaban J connectivity index is 2.66. The molecule has 5 heteroatoms. The number of anilines is 1. The Morgan fingerprint density at radius 2 is 1.84 bits per heavy atom. The Hall–Kier alpha value is -2.01. The number of hydrogen-bond acceptors (Lipinski definition) is 3. The van der Waals surface area contributed by atoms with Gasteiger partial charge in [0, 0.05) is 7.11 Å². The first-order valence-electron chi connectivity index (χ1n) is 6.12. The van der Waals surface area contributed by atoms with E-state index in [-0.39, 0.29) is 17.9 Å². The molecule has 0 saturated heterocycles. The van der Waals surface area contributed by atoms with Crippen LogP contribution >= 0.6 is 0 Å².